The van der Waals surface area contributed by atoms with Crippen LogP contribution >= 0.6 is 0 Å². The second-order valence-electron chi connectivity index (χ2n) is 5.58. The molecule has 2 N–H and O–H groups in total. The molecule has 2 heterocycles. The van der Waals surface area contributed by atoms with Crippen molar-refractivity contribution < 1.29 is 15.0 Å². The molecule has 0 aromatic carbocycles. The van der Waals surface area contributed by atoms with Gasteiger partial charge in [0.25, 0.3) is 0 Å². The van der Waals surface area contributed by atoms with Gasteiger partial charge < -0.3 is 15.1 Å². The van der Waals surface area contributed by atoms with Crippen molar-refractivity contribution in [2.24, 2.45) is 0 Å². The average molecular weight is 296 g/mol. The van der Waals surface area contributed by atoms with E-state index in [1.807, 2.05) is 13.1 Å². The first kappa shape index (κ1) is 15.9. The number of amides is 1. The van der Waals surface area contributed by atoms with Crippen molar-refractivity contribution in [2.45, 2.75) is 33.0 Å². The molecule has 1 fully saturated rings. The fourth-order valence-electron chi connectivity index (χ4n) is 2.66. The zero-order valence-electron chi connectivity index (χ0n) is 12.7. The molecule has 0 spiro atoms. The first-order valence-corrected chi connectivity index (χ1v) is 7.29. The standard InChI is InChI=1S/C14H24N4O3/c1-11-13(8-18(15-11)5-6-19)7-16-3-4-17(12(2)20)10-14(21)9-16/h8,14,19,21H,3-7,9-10H2,1-2H3/t14-/m1/s1. The van der Waals surface area contributed by atoms with Crippen LogP contribution in [0.4, 0.5) is 0 Å². The largest absolute Gasteiger partial charge is 0.394 e. The molecular weight excluding hydrogens is 272 g/mol. The smallest absolute Gasteiger partial charge is 0.219 e. The van der Waals surface area contributed by atoms with E-state index < -0.39 is 6.10 Å². The summed E-state index contributed by atoms with van der Waals surface area (Å²) >= 11 is 0. The van der Waals surface area contributed by atoms with Crippen LogP contribution in [0.3, 0.4) is 0 Å². The minimum atomic E-state index is -0.524. The molecule has 1 aliphatic rings. The molecular formula is C14H24N4O3. The van der Waals surface area contributed by atoms with Crippen molar-refractivity contribution in [2.75, 3.05) is 32.8 Å². The minimum absolute atomic E-state index is 0.00264. The lowest BCUT2D eigenvalue weighted by atomic mass is 10.2. The fraction of sp³-hybridized carbons (Fsp3) is 0.714. The highest BCUT2D eigenvalue weighted by Gasteiger charge is 2.23. The van der Waals surface area contributed by atoms with Crippen LogP contribution in [0.25, 0.3) is 0 Å². The highest BCUT2D eigenvalue weighted by atomic mass is 16.3. The summed E-state index contributed by atoms with van der Waals surface area (Å²) in [6, 6.07) is 0. The number of carbonyl (C=O) groups excluding carboxylic acids is 1. The van der Waals surface area contributed by atoms with E-state index in [1.165, 1.54) is 6.92 Å². The third-order valence-corrected chi connectivity index (χ3v) is 3.80. The third-order valence-electron chi connectivity index (χ3n) is 3.80. The average Bonchev–Trinajstić information content (AvgIpc) is 2.63. The molecule has 1 aromatic heterocycles. The van der Waals surface area contributed by atoms with Gasteiger partial charge in [0, 0.05) is 51.4 Å². The molecule has 1 aromatic rings. The lowest BCUT2D eigenvalue weighted by Crippen LogP contribution is -2.36. The van der Waals surface area contributed by atoms with Crippen molar-refractivity contribution in [1.29, 1.82) is 0 Å². The molecule has 0 radical (unpaired) electrons. The molecule has 1 atom stereocenters. The Morgan fingerprint density at radius 3 is 2.86 bits per heavy atom. The first-order chi connectivity index (χ1) is 9.99. The molecule has 2 rings (SSSR count). The third kappa shape index (κ3) is 4.26. The number of aliphatic hydroxyl groups is 2. The maximum absolute atomic E-state index is 11.5. The molecule has 0 aliphatic carbocycles. The van der Waals surface area contributed by atoms with Gasteiger partial charge in [-0.1, -0.05) is 0 Å². The van der Waals surface area contributed by atoms with Crippen molar-refractivity contribution in [3.05, 3.63) is 17.5 Å². The van der Waals surface area contributed by atoms with E-state index in [-0.39, 0.29) is 12.5 Å². The van der Waals surface area contributed by atoms with Crippen LogP contribution in [-0.2, 0) is 17.9 Å². The maximum Gasteiger partial charge on any atom is 0.219 e. The van der Waals surface area contributed by atoms with Gasteiger partial charge in [-0.2, -0.15) is 5.10 Å². The van der Waals surface area contributed by atoms with Gasteiger partial charge in [-0.25, -0.2) is 0 Å². The number of aliphatic hydroxyl groups excluding tert-OH is 2. The normalized spacial score (nSPS) is 20.6. The Hall–Kier alpha value is -1.44. The van der Waals surface area contributed by atoms with Crippen LogP contribution in [0.2, 0.25) is 0 Å². The zero-order valence-corrected chi connectivity index (χ0v) is 12.7. The summed E-state index contributed by atoms with van der Waals surface area (Å²) in [6.07, 6.45) is 1.41. The number of hydrogen-bond donors (Lipinski definition) is 2. The summed E-state index contributed by atoms with van der Waals surface area (Å²) in [5, 5.41) is 23.3. The SMILES string of the molecule is CC(=O)N1CCN(Cc2cn(CCO)nc2C)C[C@@H](O)C1. The Morgan fingerprint density at radius 2 is 2.19 bits per heavy atom. The fourth-order valence-corrected chi connectivity index (χ4v) is 2.66. The summed E-state index contributed by atoms with van der Waals surface area (Å²) in [5.41, 5.74) is 2.03. The van der Waals surface area contributed by atoms with Crippen molar-refractivity contribution in [3.63, 3.8) is 0 Å². The quantitative estimate of drug-likeness (QED) is 0.761. The Morgan fingerprint density at radius 1 is 1.43 bits per heavy atom. The molecule has 7 heteroatoms. The molecule has 0 unspecified atom stereocenters. The van der Waals surface area contributed by atoms with E-state index in [1.54, 1.807) is 9.58 Å². The highest BCUT2D eigenvalue weighted by Crippen LogP contribution is 2.12. The van der Waals surface area contributed by atoms with Gasteiger partial charge in [0.1, 0.15) is 0 Å². The van der Waals surface area contributed by atoms with Crippen LogP contribution in [0.5, 0.6) is 0 Å². The molecule has 0 bridgehead atoms. The topological polar surface area (TPSA) is 81.8 Å². The van der Waals surface area contributed by atoms with Gasteiger partial charge in [0.05, 0.1) is 24.9 Å². The predicted octanol–water partition coefficient (Wildman–Crippen LogP) is -0.791. The summed E-state index contributed by atoms with van der Waals surface area (Å²) in [5.74, 6) is 0.00264. The summed E-state index contributed by atoms with van der Waals surface area (Å²) < 4.78 is 1.74. The number of nitrogens with zero attached hydrogens (tertiary/aromatic N) is 4. The number of aromatic nitrogens is 2. The monoisotopic (exact) mass is 296 g/mol. The second-order valence-corrected chi connectivity index (χ2v) is 5.58. The van der Waals surface area contributed by atoms with Crippen LogP contribution in [0.1, 0.15) is 18.2 Å². The molecule has 1 aliphatic heterocycles. The summed E-state index contributed by atoms with van der Waals surface area (Å²) in [6.45, 7) is 7.05. The summed E-state index contributed by atoms with van der Waals surface area (Å²) in [4.78, 5) is 15.3. The number of carbonyl (C=O) groups is 1. The van der Waals surface area contributed by atoms with Crippen LogP contribution in [0, 0.1) is 6.92 Å². The summed E-state index contributed by atoms with van der Waals surface area (Å²) in [7, 11) is 0. The van der Waals surface area contributed by atoms with Gasteiger partial charge in [-0.15, -0.1) is 0 Å². The number of β-amino-alcohol motifs (C(OH)–C–C–N with tert-alkyl or cyclic N) is 1. The Bertz CT molecular complexity index is 489. The molecule has 1 amide bonds. The van der Waals surface area contributed by atoms with Gasteiger partial charge >= 0.3 is 0 Å². The number of aryl methyl sites for hydroxylation is 1. The lowest BCUT2D eigenvalue weighted by Gasteiger charge is -2.20. The Balaban J connectivity index is 2.00. The van der Waals surface area contributed by atoms with E-state index in [0.717, 1.165) is 17.8 Å². The van der Waals surface area contributed by atoms with Crippen molar-refractivity contribution in [1.82, 2.24) is 19.6 Å². The van der Waals surface area contributed by atoms with E-state index in [4.69, 9.17) is 5.11 Å². The maximum atomic E-state index is 11.5. The van der Waals surface area contributed by atoms with Crippen LogP contribution in [0.15, 0.2) is 6.20 Å². The van der Waals surface area contributed by atoms with Crippen LogP contribution < -0.4 is 0 Å². The highest BCUT2D eigenvalue weighted by molar-refractivity contribution is 5.73. The molecule has 118 valence electrons. The molecule has 1 saturated heterocycles. The van der Waals surface area contributed by atoms with Crippen molar-refractivity contribution in [3.8, 4) is 0 Å². The Labute approximate surface area is 124 Å². The van der Waals surface area contributed by atoms with E-state index in [9.17, 15) is 9.90 Å². The number of hydrogen-bond acceptors (Lipinski definition) is 5. The minimum Gasteiger partial charge on any atom is -0.394 e. The van der Waals surface area contributed by atoms with Gasteiger partial charge in [-0.3, -0.25) is 14.4 Å². The van der Waals surface area contributed by atoms with E-state index in [0.29, 0.717) is 32.7 Å². The molecule has 0 saturated carbocycles. The van der Waals surface area contributed by atoms with Gasteiger partial charge in [0.15, 0.2) is 0 Å². The van der Waals surface area contributed by atoms with E-state index >= 15 is 0 Å². The lowest BCUT2D eigenvalue weighted by molar-refractivity contribution is -0.129. The van der Waals surface area contributed by atoms with Crippen LogP contribution in [-0.4, -0.2) is 74.6 Å². The predicted molar refractivity (Wildman–Crippen MR) is 77.6 cm³/mol. The second kappa shape index (κ2) is 7.02. The Kier molecular flexibility index (Phi) is 5.33. The molecule has 7 nitrogen and oxygen atoms in total. The van der Waals surface area contributed by atoms with Crippen molar-refractivity contribution >= 4 is 5.91 Å². The van der Waals surface area contributed by atoms with Gasteiger partial charge in [0.2, 0.25) is 5.91 Å². The van der Waals surface area contributed by atoms with Gasteiger partial charge in [-0.05, 0) is 6.92 Å². The zero-order chi connectivity index (χ0) is 15.4. The number of rotatable bonds is 4. The molecule has 21 heavy (non-hydrogen) atoms. The first-order valence-electron chi connectivity index (χ1n) is 7.29. The van der Waals surface area contributed by atoms with E-state index in [2.05, 4.69) is 10.00 Å².